The van der Waals surface area contributed by atoms with Crippen molar-refractivity contribution >= 4 is 39.6 Å². The highest BCUT2D eigenvalue weighted by Gasteiger charge is 2.42. The fourth-order valence-corrected chi connectivity index (χ4v) is 5.30. The van der Waals surface area contributed by atoms with Gasteiger partial charge in [0, 0.05) is 16.3 Å². The van der Waals surface area contributed by atoms with E-state index in [1.807, 2.05) is 83.5 Å². The number of benzene rings is 4. The van der Waals surface area contributed by atoms with Gasteiger partial charge in [0.15, 0.2) is 0 Å². The molecule has 0 aliphatic rings. The van der Waals surface area contributed by atoms with Gasteiger partial charge in [-0.15, -0.1) is 0 Å². The summed E-state index contributed by atoms with van der Waals surface area (Å²) in [6.07, 6.45) is 1.31. The van der Waals surface area contributed by atoms with E-state index < -0.39 is 5.54 Å². The van der Waals surface area contributed by atoms with Gasteiger partial charge in [0.2, 0.25) is 0 Å². The summed E-state index contributed by atoms with van der Waals surface area (Å²) in [5, 5.41) is 17.1. The van der Waals surface area contributed by atoms with Crippen molar-refractivity contribution in [3.63, 3.8) is 0 Å². The van der Waals surface area contributed by atoms with E-state index in [9.17, 15) is 0 Å². The first-order valence-corrected chi connectivity index (χ1v) is 12.9. The topological polar surface area (TPSA) is 53.7 Å². The van der Waals surface area contributed by atoms with Crippen molar-refractivity contribution in [3.05, 3.63) is 154 Å². The maximum absolute atomic E-state index is 8.40. The first kappa shape index (κ1) is 24.8. The van der Waals surface area contributed by atoms with E-state index >= 15 is 0 Å². The molecule has 1 aromatic heterocycles. The van der Waals surface area contributed by atoms with E-state index in [1.54, 1.807) is 0 Å². The Morgan fingerprint density at radius 1 is 0.838 bits per heavy atom. The zero-order valence-electron chi connectivity index (χ0n) is 19.9. The van der Waals surface area contributed by atoms with E-state index in [0.717, 1.165) is 26.7 Å². The van der Waals surface area contributed by atoms with E-state index in [0.29, 0.717) is 17.1 Å². The summed E-state index contributed by atoms with van der Waals surface area (Å²) in [6.45, 7) is 3.89. The largest absolute Gasteiger partial charge is 0.331 e. The van der Waals surface area contributed by atoms with E-state index in [1.165, 1.54) is 6.21 Å². The van der Waals surface area contributed by atoms with Crippen LogP contribution in [-0.4, -0.2) is 16.0 Å². The highest BCUT2D eigenvalue weighted by Crippen LogP contribution is 2.44. The molecule has 6 heteroatoms. The van der Waals surface area contributed by atoms with Gasteiger partial charge in [0.05, 0.1) is 5.56 Å². The quantitative estimate of drug-likeness (QED) is 0.113. The number of hydrogen-bond acceptors (Lipinski definition) is 3. The molecule has 0 bridgehead atoms. The first-order valence-electron chi connectivity index (χ1n) is 11.7. The van der Waals surface area contributed by atoms with Crippen LogP contribution in [0.4, 0.5) is 5.82 Å². The molecule has 0 atom stereocenters. The van der Waals surface area contributed by atoms with Crippen molar-refractivity contribution < 1.29 is 0 Å². The fraction of sp³-hybridized carbons (Fsp3) is 0.0323. The van der Waals surface area contributed by atoms with Crippen molar-refractivity contribution in [2.75, 3.05) is 5.32 Å². The number of hydrogen-bond donors (Lipinski definition) is 2. The Bertz CT molecular complexity index is 1450. The molecule has 0 fully saturated rings. The Morgan fingerprint density at radius 2 is 1.35 bits per heavy atom. The summed E-state index contributed by atoms with van der Waals surface area (Å²) in [6, 6.07) is 38.7. The van der Waals surface area contributed by atoms with Crippen molar-refractivity contribution in [2.45, 2.75) is 5.54 Å². The van der Waals surface area contributed by atoms with Gasteiger partial charge < -0.3 is 10.7 Å². The zero-order valence-corrected chi connectivity index (χ0v) is 22.2. The van der Waals surface area contributed by atoms with Gasteiger partial charge in [0.1, 0.15) is 22.2 Å². The number of aromatic nitrogens is 2. The fourth-order valence-electron chi connectivity index (χ4n) is 4.81. The Kier molecular flexibility index (Phi) is 7.08. The number of nitrogens with zero attached hydrogens (tertiary/aromatic N) is 2. The average Bonchev–Trinajstić information content (AvgIpc) is 3.29. The van der Waals surface area contributed by atoms with Crippen LogP contribution in [0.2, 0.25) is 0 Å². The average molecular weight is 568 g/mol. The molecule has 0 aliphatic heterocycles. The summed E-state index contributed by atoms with van der Waals surface area (Å²) >= 11 is 9.93. The number of rotatable bonds is 8. The molecular weight excluding hydrogens is 544 g/mol. The lowest BCUT2D eigenvalue weighted by Crippen LogP contribution is -2.39. The molecule has 0 aliphatic carbocycles. The molecule has 0 radical (unpaired) electrons. The molecule has 0 spiro atoms. The molecule has 0 unspecified atom stereocenters. The molecule has 0 saturated carbocycles. The maximum Gasteiger partial charge on any atom is 0.140 e. The van der Waals surface area contributed by atoms with E-state index in [-0.39, 0.29) is 5.16 Å². The standard InChI is InChI=1S/C31H24BrClN4/c1-22(33)35-30-28(21-34)29(23-12-11-19-27(32)20-23)36-37(30)31(24-13-5-2-6-14-24,25-15-7-3-8-16-25)26-17-9-4-10-18-26/h2-21,34-35H,1H2. The molecule has 0 saturated heterocycles. The molecule has 1 heterocycles. The lowest BCUT2D eigenvalue weighted by molar-refractivity contribution is 0.467. The van der Waals surface area contributed by atoms with Crippen molar-refractivity contribution in [3.8, 4) is 11.3 Å². The second-order valence-electron chi connectivity index (χ2n) is 8.52. The minimum Gasteiger partial charge on any atom is -0.331 e. The van der Waals surface area contributed by atoms with Crippen molar-refractivity contribution in [1.82, 2.24) is 9.78 Å². The third-order valence-corrected chi connectivity index (χ3v) is 6.90. The number of nitrogens with one attached hydrogen (secondary N) is 2. The van der Waals surface area contributed by atoms with Crippen LogP contribution in [0.3, 0.4) is 0 Å². The van der Waals surface area contributed by atoms with Crippen LogP contribution >= 0.6 is 27.5 Å². The highest BCUT2D eigenvalue weighted by molar-refractivity contribution is 9.10. The van der Waals surface area contributed by atoms with E-state index in [2.05, 4.69) is 64.2 Å². The molecule has 4 aromatic carbocycles. The van der Waals surface area contributed by atoms with Gasteiger partial charge in [-0.1, -0.05) is 137 Å². The summed E-state index contributed by atoms with van der Waals surface area (Å²) < 4.78 is 2.86. The first-order chi connectivity index (χ1) is 18.1. The van der Waals surface area contributed by atoms with Crippen LogP contribution in [0.25, 0.3) is 11.3 Å². The van der Waals surface area contributed by atoms with Gasteiger partial charge >= 0.3 is 0 Å². The third-order valence-electron chi connectivity index (χ3n) is 6.31. The smallest absolute Gasteiger partial charge is 0.140 e. The lowest BCUT2D eigenvalue weighted by Gasteiger charge is -2.37. The lowest BCUT2D eigenvalue weighted by atomic mass is 9.77. The van der Waals surface area contributed by atoms with Crippen molar-refractivity contribution in [1.29, 1.82) is 5.41 Å². The summed E-state index contributed by atoms with van der Waals surface area (Å²) in [4.78, 5) is 0. The second-order valence-corrected chi connectivity index (χ2v) is 9.89. The molecule has 5 rings (SSSR count). The Morgan fingerprint density at radius 3 is 1.78 bits per heavy atom. The number of halogens is 2. The molecule has 4 nitrogen and oxygen atoms in total. The van der Waals surface area contributed by atoms with Gasteiger partial charge in [-0.3, -0.25) is 0 Å². The van der Waals surface area contributed by atoms with Gasteiger partial charge in [-0.05, 0) is 28.8 Å². The van der Waals surface area contributed by atoms with Crippen molar-refractivity contribution in [2.24, 2.45) is 0 Å². The van der Waals surface area contributed by atoms with Crippen LogP contribution < -0.4 is 5.32 Å². The molecule has 0 amide bonds. The summed E-state index contributed by atoms with van der Waals surface area (Å²) in [7, 11) is 0. The van der Waals surface area contributed by atoms with Crippen LogP contribution in [0.15, 0.2) is 131 Å². The normalized spacial score (nSPS) is 11.2. The maximum atomic E-state index is 8.40. The van der Waals surface area contributed by atoms with Crippen LogP contribution in [0.1, 0.15) is 22.3 Å². The predicted octanol–water partition coefficient (Wildman–Crippen LogP) is 8.27. The SMILES string of the molecule is C=C(Cl)Nc1c(C=N)c(-c2cccc(Br)c2)nn1C(c1ccccc1)(c1ccccc1)c1ccccc1. The minimum absolute atomic E-state index is 0.230. The number of anilines is 1. The summed E-state index contributed by atoms with van der Waals surface area (Å²) in [5.74, 6) is 0.571. The Balaban J connectivity index is 1.97. The molecular formula is C31H24BrClN4. The zero-order chi connectivity index (χ0) is 25.8. The minimum atomic E-state index is -0.888. The van der Waals surface area contributed by atoms with Gasteiger partial charge in [-0.25, -0.2) is 4.68 Å². The molecule has 37 heavy (non-hydrogen) atoms. The highest BCUT2D eigenvalue weighted by atomic mass is 79.9. The van der Waals surface area contributed by atoms with Crippen LogP contribution in [-0.2, 0) is 5.54 Å². The van der Waals surface area contributed by atoms with Gasteiger partial charge in [-0.2, -0.15) is 5.10 Å². The van der Waals surface area contributed by atoms with Crippen LogP contribution in [0.5, 0.6) is 0 Å². The third kappa shape index (κ3) is 4.52. The van der Waals surface area contributed by atoms with Crippen LogP contribution in [0, 0.1) is 5.41 Å². The Labute approximate surface area is 229 Å². The molecule has 5 aromatic rings. The second kappa shape index (κ2) is 10.6. The molecule has 2 N–H and O–H groups in total. The summed E-state index contributed by atoms with van der Waals surface area (Å²) in [5.41, 5.74) is 4.27. The molecule has 182 valence electrons. The monoisotopic (exact) mass is 566 g/mol. The van der Waals surface area contributed by atoms with Gasteiger partial charge in [0.25, 0.3) is 0 Å². The Hall–Kier alpha value is -3.93. The predicted molar refractivity (Wildman–Crippen MR) is 156 cm³/mol. The van der Waals surface area contributed by atoms with E-state index in [4.69, 9.17) is 22.1 Å².